The Bertz CT molecular complexity index is 698. The molecule has 4 rings (SSSR count). The van der Waals surface area contributed by atoms with Crippen LogP contribution < -0.4 is 0 Å². The molecule has 4 fully saturated rings. The molecule has 0 saturated heterocycles. The molecule has 10 atom stereocenters. The fraction of sp³-hybridized carbons (Fsp3) is 0.964. The number of ether oxygens (including phenoxy) is 1. The lowest BCUT2D eigenvalue weighted by Gasteiger charge is -2.62. The van der Waals surface area contributed by atoms with Crippen molar-refractivity contribution in [2.24, 2.45) is 46.3 Å². The van der Waals surface area contributed by atoms with Gasteiger partial charge in [0.05, 0.1) is 12.2 Å². The number of aliphatic hydroxyl groups is 2. The van der Waals surface area contributed by atoms with E-state index < -0.39 is 5.60 Å². The summed E-state index contributed by atoms with van der Waals surface area (Å²) in [4.78, 5) is 12.3. The van der Waals surface area contributed by atoms with Crippen molar-refractivity contribution in [3.8, 4) is 0 Å². The van der Waals surface area contributed by atoms with Crippen molar-refractivity contribution in [3.05, 3.63) is 0 Å². The van der Waals surface area contributed by atoms with Crippen LogP contribution in [0.1, 0.15) is 106 Å². The van der Waals surface area contributed by atoms with Gasteiger partial charge in [0.2, 0.25) is 0 Å². The lowest BCUT2D eigenvalue weighted by molar-refractivity contribution is -0.175. The molecule has 4 heteroatoms. The van der Waals surface area contributed by atoms with Crippen LogP contribution in [-0.4, -0.2) is 34.0 Å². The van der Waals surface area contributed by atoms with Crippen LogP contribution in [0.2, 0.25) is 0 Å². The van der Waals surface area contributed by atoms with E-state index in [1.807, 2.05) is 20.8 Å². The highest BCUT2D eigenvalue weighted by Crippen LogP contribution is 2.68. The van der Waals surface area contributed by atoms with Crippen molar-refractivity contribution in [2.75, 3.05) is 0 Å². The third kappa shape index (κ3) is 4.17. The second-order valence-corrected chi connectivity index (χ2v) is 13.5. The quantitative estimate of drug-likeness (QED) is 0.539. The molecular weight excluding hydrogens is 400 g/mol. The Morgan fingerprint density at radius 3 is 2.44 bits per heavy atom. The summed E-state index contributed by atoms with van der Waals surface area (Å²) < 4.78 is 5.54. The van der Waals surface area contributed by atoms with Crippen molar-refractivity contribution in [3.63, 3.8) is 0 Å². The maximum absolute atomic E-state index is 12.3. The Morgan fingerprint density at radius 1 is 1.03 bits per heavy atom. The highest BCUT2D eigenvalue weighted by molar-refractivity contribution is 5.69. The van der Waals surface area contributed by atoms with Gasteiger partial charge in [-0.25, -0.2) is 0 Å². The minimum Gasteiger partial charge on any atom is -0.460 e. The highest BCUT2D eigenvalue weighted by Gasteiger charge is 2.63. The van der Waals surface area contributed by atoms with Gasteiger partial charge in [-0.2, -0.15) is 0 Å². The molecule has 2 N–H and O–H groups in total. The zero-order valence-electron chi connectivity index (χ0n) is 21.4. The number of hydrogen-bond donors (Lipinski definition) is 2. The van der Waals surface area contributed by atoms with Gasteiger partial charge in [-0.05, 0) is 125 Å². The number of carbonyl (C=O) groups is 1. The minimum absolute atomic E-state index is 0.0358. The first-order valence-corrected chi connectivity index (χ1v) is 13.4. The topological polar surface area (TPSA) is 66.8 Å². The van der Waals surface area contributed by atoms with E-state index in [1.54, 1.807) is 0 Å². The third-order valence-corrected chi connectivity index (χ3v) is 10.7. The molecule has 0 aromatic heterocycles. The van der Waals surface area contributed by atoms with E-state index in [9.17, 15) is 15.0 Å². The number of esters is 1. The zero-order chi connectivity index (χ0) is 23.5. The first kappa shape index (κ1) is 24.5. The number of hydrogen-bond acceptors (Lipinski definition) is 4. The summed E-state index contributed by atoms with van der Waals surface area (Å²) in [5.74, 6) is 3.31. The van der Waals surface area contributed by atoms with Crippen LogP contribution in [0.5, 0.6) is 0 Å². The van der Waals surface area contributed by atoms with Crippen LogP contribution in [0, 0.1) is 46.3 Å². The lowest BCUT2D eigenvalue weighted by Crippen LogP contribution is -2.58. The largest absolute Gasteiger partial charge is 0.460 e. The normalized spacial score (nSPS) is 47.2. The molecule has 32 heavy (non-hydrogen) atoms. The Morgan fingerprint density at radius 2 is 1.75 bits per heavy atom. The van der Waals surface area contributed by atoms with Gasteiger partial charge in [0, 0.05) is 6.42 Å². The maximum Gasteiger partial charge on any atom is 0.306 e. The minimum atomic E-state index is -0.427. The summed E-state index contributed by atoms with van der Waals surface area (Å²) in [5, 5.41) is 21.9. The van der Waals surface area contributed by atoms with Crippen LogP contribution in [0.3, 0.4) is 0 Å². The van der Waals surface area contributed by atoms with Crippen molar-refractivity contribution >= 4 is 5.97 Å². The first-order valence-electron chi connectivity index (χ1n) is 13.4. The fourth-order valence-electron chi connectivity index (χ4n) is 9.10. The predicted molar refractivity (Wildman–Crippen MR) is 127 cm³/mol. The summed E-state index contributed by atoms with van der Waals surface area (Å²) in [7, 11) is 0. The molecule has 4 aliphatic rings. The number of carbonyl (C=O) groups excluding carboxylic acids is 1. The highest BCUT2D eigenvalue weighted by atomic mass is 16.6. The summed E-state index contributed by atoms with van der Waals surface area (Å²) >= 11 is 0. The average Bonchev–Trinajstić information content (AvgIpc) is 3.05. The number of rotatable bonds is 4. The van der Waals surface area contributed by atoms with Gasteiger partial charge in [-0.1, -0.05) is 20.8 Å². The SMILES string of the molecule is CC(CCC(=O)OC(C)(C)C)C1CCC2C3CCC4CC(O)CCC4(C)C3CC(O)C12C. The van der Waals surface area contributed by atoms with Crippen molar-refractivity contribution in [1.82, 2.24) is 0 Å². The van der Waals surface area contributed by atoms with Gasteiger partial charge in [0.25, 0.3) is 0 Å². The van der Waals surface area contributed by atoms with Crippen molar-refractivity contribution in [1.29, 1.82) is 0 Å². The Balaban J connectivity index is 1.47. The second-order valence-electron chi connectivity index (χ2n) is 13.5. The summed E-state index contributed by atoms with van der Waals surface area (Å²) in [5.41, 5.74) is -0.180. The molecule has 0 aromatic rings. The van der Waals surface area contributed by atoms with E-state index in [2.05, 4.69) is 20.8 Å². The standard InChI is InChI=1S/C28H48O4/c1-17(7-12-25(31)32-26(2,3)4)21-10-11-22-20-9-8-18-15-19(29)13-14-27(18,5)23(20)16-24(30)28(21,22)6/h17-24,29-30H,7-16H2,1-6H3. The smallest absolute Gasteiger partial charge is 0.306 e. The molecule has 0 bridgehead atoms. The van der Waals surface area contributed by atoms with E-state index in [1.165, 1.54) is 25.7 Å². The molecule has 184 valence electrons. The predicted octanol–water partition coefficient (Wildman–Crippen LogP) is 5.74. The first-order chi connectivity index (χ1) is 14.9. The van der Waals surface area contributed by atoms with Crippen LogP contribution in [0.25, 0.3) is 0 Å². The van der Waals surface area contributed by atoms with Crippen molar-refractivity contribution in [2.45, 2.75) is 124 Å². The summed E-state index contributed by atoms with van der Waals surface area (Å²) in [6.07, 6.45) is 9.79. The Hall–Kier alpha value is -0.610. The molecule has 4 nitrogen and oxygen atoms in total. The molecular formula is C28H48O4. The van der Waals surface area contributed by atoms with Crippen LogP contribution in [-0.2, 0) is 9.53 Å². The Kier molecular flexibility index (Phi) is 6.55. The molecule has 10 unspecified atom stereocenters. The molecule has 0 heterocycles. The van der Waals surface area contributed by atoms with Gasteiger partial charge in [-0.3, -0.25) is 4.79 Å². The fourth-order valence-corrected chi connectivity index (χ4v) is 9.10. The van der Waals surface area contributed by atoms with Crippen LogP contribution in [0.4, 0.5) is 0 Å². The molecule has 4 aliphatic carbocycles. The Labute approximate surface area is 195 Å². The molecule has 0 aliphatic heterocycles. The summed E-state index contributed by atoms with van der Waals surface area (Å²) in [6.45, 7) is 12.9. The molecule has 0 aromatic carbocycles. The van der Waals surface area contributed by atoms with E-state index in [4.69, 9.17) is 4.74 Å². The van der Waals surface area contributed by atoms with E-state index in [0.717, 1.165) is 32.1 Å². The number of fused-ring (bicyclic) bond motifs is 5. The van der Waals surface area contributed by atoms with Gasteiger partial charge in [0.15, 0.2) is 0 Å². The van der Waals surface area contributed by atoms with Gasteiger partial charge >= 0.3 is 5.97 Å². The lowest BCUT2D eigenvalue weighted by atomic mass is 9.43. The monoisotopic (exact) mass is 448 g/mol. The zero-order valence-corrected chi connectivity index (χ0v) is 21.4. The van der Waals surface area contributed by atoms with E-state index in [0.29, 0.717) is 41.9 Å². The molecule has 4 saturated carbocycles. The van der Waals surface area contributed by atoms with Gasteiger partial charge in [0.1, 0.15) is 5.60 Å². The second kappa shape index (κ2) is 8.56. The van der Waals surface area contributed by atoms with Gasteiger partial charge < -0.3 is 14.9 Å². The van der Waals surface area contributed by atoms with Gasteiger partial charge in [-0.15, -0.1) is 0 Å². The molecule has 0 amide bonds. The number of aliphatic hydroxyl groups excluding tert-OH is 2. The van der Waals surface area contributed by atoms with E-state index in [-0.39, 0.29) is 29.0 Å². The average molecular weight is 449 g/mol. The molecule has 0 spiro atoms. The van der Waals surface area contributed by atoms with Crippen LogP contribution in [0.15, 0.2) is 0 Å². The summed E-state index contributed by atoms with van der Waals surface area (Å²) in [6, 6.07) is 0. The third-order valence-electron chi connectivity index (χ3n) is 10.7. The van der Waals surface area contributed by atoms with E-state index >= 15 is 0 Å². The van der Waals surface area contributed by atoms with Crippen molar-refractivity contribution < 1.29 is 19.7 Å². The maximum atomic E-state index is 12.3. The van der Waals surface area contributed by atoms with Crippen LogP contribution >= 0.6 is 0 Å². The molecule has 0 radical (unpaired) electrons.